The Balaban J connectivity index is 2.18. The number of fused-ring (bicyclic) bond motifs is 1. The molecule has 3 rings (SSSR count). The molecule has 2 aromatic carbocycles. The molecule has 0 fully saturated rings. The third-order valence-electron chi connectivity index (χ3n) is 3.75. The largest absolute Gasteiger partial charge is 0.320 e. The van der Waals surface area contributed by atoms with Crippen molar-refractivity contribution in [3.63, 3.8) is 0 Å². The Hall–Kier alpha value is -1.17. The van der Waals surface area contributed by atoms with Gasteiger partial charge in [0, 0.05) is 14.5 Å². The van der Waals surface area contributed by atoms with Gasteiger partial charge >= 0.3 is 0 Å². The molecule has 0 atom stereocenters. The Kier molecular flexibility index (Phi) is 4.63. The Morgan fingerprint density at radius 2 is 1.96 bits per heavy atom. The van der Waals surface area contributed by atoms with Gasteiger partial charge < -0.3 is 5.32 Å². The summed E-state index contributed by atoms with van der Waals surface area (Å²) in [5.74, 6) is -0.189. The first-order chi connectivity index (χ1) is 10.9. The standard InChI is InChI=1S/C17H13Br2ClN2O/c1-3-9-5-10(18)6-11-15(9)22-17(23)16(11)21-14-7-13(20)12(19)4-8(14)2/h4-7H,3H2,1-2H3,(H,21,22,23). The van der Waals surface area contributed by atoms with Crippen LogP contribution in [0.2, 0.25) is 5.02 Å². The maximum atomic E-state index is 12.4. The summed E-state index contributed by atoms with van der Waals surface area (Å²) in [4.78, 5) is 17.0. The second-order valence-corrected chi connectivity index (χ2v) is 7.49. The SMILES string of the molecule is CCc1cc(Br)cc2c1NC(=O)C2=Nc1cc(Cl)c(Br)cc1C. The van der Waals surface area contributed by atoms with Gasteiger partial charge in [-0.1, -0.05) is 34.5 Å². The summed E-state index contributed by atoms with van der Waals surface area (Å²) in [6.07, 6.45) is 0.832. The van der Waals surface area contributed by atoms with Crippen LogP contribution in [0.4, 0.5) is 11.4 Å². The van der Waals surface area contributed by atoms with Gasteiger partial charge in [0.15, 0.2) is 0 Å². The molecular formula is C17H13Br2ClN2O. The topological polar surface area (TPSA) is 41.5 Å². The van der Waals surface area contributed by atoms with E-state index in [1.165, 1.54) is 0 Å². The zero-order chi connectivity index (χ0) is 16.7. The first-order valence-electron chi connectivity index (χ1n) is 7.09. The smallest absolute Gasteiger partial charge is 0.275 e. The predicted molar refractivity (Wildman–Crippen MR) is 102 cm³/mol. The normalized spacial score (nSPS) is 15.0. The van der Waals surface area contributed by atoms with Gasteiger partial charge in [-0.2, -0.15) is 0 Å². The fourth-order valence-corrected chi connectivity index (χ4v) is 3.68. The molecule has 0 aromatic heterocycles. The van der Waals surface area contributed by atoms with Gasteiger partial charge in [0.1, 0.15) is 5.71 Å². The van der Waals surface area contributed by atoms with E-state index < -0.39 is 0 Å². The highest BCUT2D eigenvalue weighted by atomic mass is 79.9. The van der Waals surface area contributed by atoms with Gasteiger partial charge in [-0.3, -0.25) is 4.79 Å². The molecule has 0 radical (unpaired) electrons. The van der Waals surface area contributed by atoms with Crippen LogP contribution in [0.1, 0.15) is 23.6 Å². The lowest BCUT2D eigenvalue weighted by Crippen LogP contribution is -2.14. The van der Waals surface area contributed by atoms with Crippen molar-refractivity contribution in [3.05, 3.63) is 54.9 Å². The Morgan fingerprint density at radius 1 is 1.22 bits per heavy atom. The molecule has 0 bridgehead atoms. The summed E-state index contributed by atoms with van der Waals surface area (Å²) in [5.41, 5.74) is 4.80. The molecule has 118 valence electrons. The molecule has 3 nitrogen and oxygen atoms in total. The Labute approximate surface area is 156 Å². The number of hydrogen-bond donors (Lipinski definition) is 1. The van der Waals surface area contributed by atoms with Crippen LogP contribution in [-0.2, 0) is 11.2 Å². The molecule has 0 spiro atoms. The lowest BCUT2D eigenvalue weighted by atomic mass is 10.0. The average molecular weight is 457 g/mol. The maximum absolute atomic E-state index is 12.4. The van der Waals surface area contributed by atoms with E-state index in [0.717, 1.165) is 37.7 Å². The number of hydrogen-bond acceptors (Lipinski definition) is 2. The number of amides is 1. The first-order valence-corrected chi connectivity index (χ1v) is 9.05. The van der Waals surface area contributed by atoms with E-state index in [4.69, 9.17) is 11.6 Å². The molecule has 1 amide bonds. The van der Waals surface area contributed by atoms with Gasteiger partial charge in [-0.05, 0) is 64.7 Å². The second kappa shape index (κ2) is 6.38. The Morgan fingerprint density at radius 3 is 2.65 bits per heavy atom. The number of rotatable bonds is 2. The predicted octanol–water partition coefficient (Wildman–Crippen LogP) is 5.81. The minimum Gasteiger partial charge on any atom is -0.320 e. The second-order valence-electron chi connectivity index (χ2n) is 5.31. The van der Waals surface area contributed by atoms with E-state index in [-0.39, 0.29) is 5.91 Å². The molecule has 6 heteroatoms. The number of carbonyl (C=O) groups is 1. The minimum atomic E-state index is -0.189. The molecule has 1 aliphatic rings. The number of carbonyl (C=O) groups excluding carboxylic acids is 1. The van der Waals surface area contributed by atoms with Crippen LogP contribution in [-0.4, -0.2) is 11.6 Å². The van der Waals surface area contributed by atoms with E-state index in [9.17, 15) is 4.79 Å². The van der Waals surface area contributed by atoms with Crippen molar-refractivity contribution in [2.75, 3.05) is 5.32 Å². The molecule has 0 aliphatic carbocycles. The summed E-state index contributed by atoms with van der Waals surface area (Å²) in [5, 5.41) is 3.49. The number of nitrogens with zero attached hydrogens (tertiary/aromatic N) is 1. The van der Waals surface area contributed by atoms with E-state index in [1.807, 2.05) is 25.1 Å². The summed E-state index contributed by atoms with van der Waals surface area (Å²) in [6.45, 7) is 3.99. The third kappa shape index (κ3) is 3.10. The maximum Gasteiger partial charge on any atom is 0.275 e. The van der Waals surface area contributed by atoms with Crippen molar-refractivity contribution in [2.45, 2.75) is 20.3 Å². The molecule has 0 saturated carbocycles. The summed E-state index contributed by atoms with van der Waals surface area (Å²) in [7, 11) is 0. The molecule has 23 heavy (non-hydrogen) atoms. The molecule has 2 aromatic rings. The lowest BCUT2D eigenvalue weighted by molar-refractivity contribution is -0.110. The number of anilines is 1. The summed E-state index contributed by atoms with van der Waals surface area (Å²) < 4.78 is 1.75. The van der Waals surface area contributed by atoms with Gasteiger partial charge in [0.25, 0.3) is 5.91 Å². The first kappa shape index (κ1) is 16.7. The number of aliphatic imine (C=N–C) groups is 1. The average Bonchev–Trinajstić information content (AvgIpc) is 2.80. The van der Waals surface area contributed by atoms with Gasteiger partial charge in [0.2, 0.25) is 0 Å². The summed E-state index contributed by atoms with van der Waals surface area (Å²) in [6, 6.07) is 7.59. The lowest BCUT2D eigenvalue weighted by Gasteiger charge is -2.07. The van der Waals surface area contributed by atoms with Crippen LogP contribution in [0.25, 0.3) is 0 Å². The van der Waals surface area contributed by atoms with Gasteiger partial charge in [-0.15, -0.1) is 0 Å². The highest BCUT2D eigenvalue weighted by molar-refractivity contribution is 9.10. The quantitative estimate of drug-likeness (QED) is 0.609. The van der Waals surface area contributed by atoms with Crippen LogP contribution in [0.5, 0.6) is 0 Å². The molecule has 0 unspecified atom stereocenters. The fourth-order valence-electron chi connectivity index (χ4n) is 2.56. The number of nitrogens with one attached hydrogen (secondary N) is 1. The highest BCUT2D eigenvalue weighted by Gasteiger charge is 2.28. The van der Waals surface area contributed by atoms with Crippen molar-refractivity contribution in [2.24, 2.45) is 4.99 Å². The van der Waals surface area contributed by atoms with E-state index in [1.54, 1.807) is 6.07 Å². The van der Waals surface area contributed by atoms with E-state index in [0.29, 0.717) is 16.4 Å². The van der Waals surface area contributed by atoms with Crippen molar-refractivity contribution < 1.29 is 4.79 Å². The van der Waals surface area contributed by atoms with Crippen LogP contribution in [0, 0.1) is 6.92 Å². The molecule has 1 heterocycles. The van der Waals surface area contributed by atoms with Crippen molar-refractivity contribution in [3.8, 4) is 0 Å². The minimum absolute atomic E-state index is 0.189. The van der Waals surface area contributed by atoms with Crippen LogP contribution in [0.15, 0.2) is 38.2 Å². The van der Waals surface area contributed by atoms with E-state index in [2.05, 4.69) is 49.1 Å². The molecule has 1 aliphatic heterocycles. The zero-order valence-electron chi connectivity index (χ0n) is 12.5. The molecular weight excluding hydrogens is 443 g/mol. The van der Waals surface area contributed by atoms with Gasteiger partial charge in [0.05, 0.1) is 16.4 Å². The van der Waals surface area contributed by atoms with Crippen LogP contribution >= 0.6 is 43.5 Å². The number of halogens is 3. The number of benzene rings is 2. The van der Waals surface area contributed by atoms with Crippen LogP contribution in [0.3, 0.4) is 0 Å². The molecule has 0 saturated heterocycles. The van der Waals surface area contributed by atoms with Crippen molar-refractivity contribution in [1.29, 1.82) is 0 Å². The molecule has 1 N–H and O–H groups in total. The number of aryl methyl sites for hydroxylation is 2. The third-order valence-corrected chi connectivity index (χ3v) is 5.40. The zero-order valence-corrected chi connectivity index (χ0v) is 16.4. The van der Waals surface area contributed by atoms with Gasteiger partial charge in [-0.25, -0.2) is 4.99 Å². The van der Waals surface area contributed by atoms with E-state index >= 15 is 0 Å². The monoisotopic (exact) mass is 454 g/mol. The van der Waals surface area contributed by atoms with Crippen LogP contribution < -0.4 is 5.32 Å². The Bertz CT molecular complexity index is 862. The van der Waals surface area contributed by atoms with Crippen molar-refractivity contribution in [1.82, 2.24) is 0 Å². The highest BCUT2D eigenvalue weighted by Crippen LogP contribution is 2.35. The van der Waals surface area contributed by atoms with Crippen molar-refractivity contribution >= 4 is 66.5 Å². The summed E-state index contributed by atoms with van der Waals surface area (Å²) >= 11 is 13.1. The fraction of sp³-hybridized carbons (Fsp3) is 0.176.